The van der Waals surface area contributed by atoms with E-state index in [1.165, 1.54) is 25.7 Å². The lowest BCUT2D eigenvalue weighted by atomic mass is 9.73. The third kappa shape index (κ3) is 2.98. The van der Waals surface area contributed by atoms with Crippen LogP contribution in [0, 0.1) is 11.3 Å². The summed E-state index contributed by atoms with van der Waals surface area (Å²) in [5, 5.41) is 8.61. The van der Waals surface area contributed by atoms with Crippen molar-refractivity contribution < 1.29 is 5.11 Å². The molecule has 0 saturated heterocycles. The van der Waals surface area contributed by atoms with Gasteiger partial charge in [-0.2, -0.15) is 0 Å². The lowest BCUT2D eigenvalue weighted by Crippen LogP contribution is -2.20. The normalized spacial score (nSPS) is 24.9. The van der Waals surface area contributed by atoms with Crippen molar-refractivity contribution in [2.45, 2.75) is 39.5 Å². The maximum Gasteiger partial charge on any atom is 0.0612 e. The SMILES string of the molecule is CC1(C)CCC(/C=C/CO)CC1. The van der Waals surface area contributed by atoms with Crippen molar-refractivity contribution in [2.75, 3.05) is 6.61 Å². The van der Waals surface area contributed by atoms with Crippen LogP contribution in [0.4, 0.5) is 0 Å². The molecule has 0 amide bonds. The van der Waals surface area contributed by atoms with Crippen LogP contribution in [0.3, 0.4) is 0 Å². The molecule has 1 heteroatoms. The molecule has 0 bridgehead atoms. The second kappa shape index (κ2) is 4.08. The molecule has 0 spiro atoms. The van der Waals surface area contributed by atoms with E-state index in [2.05, 4.69) is 19.9 Å². The van der Waals surface area contributed by atoms with Gasteiger partial charge in [0, 0.05) is 0 Å². The van der Waals surface area contributed by atoms with E-state index >= 15 is 0 Å². The van der Waals surface area contributed by atoms with Crippen LogP contribution < -0.4 is 0 Å². The topological polar surface area (TPSA) is 20.2 Å². The average molecular weight is 168 g/mol. The predicted octanol–water partition coefficient (Wildman–Crippen LogP) is 2.75. The number of hydrogen-bond donors (Lipinski definition) is 1. The predicted molar refractivity (Wildman–Crippen MR) is 52.0 cm³/mol. The highest BCUT2D eigenvalue weighted by atomic mass is 16.2. The highest BCUT2D eigenvalue weighted by molar-refractivity contribution is 4.92. The van der Waals surface area contributed by atoms with Crippen molar-refractivity contribution >= 4 is 0 Å². The summed E-state index contributed by atoms with van der Waals surface area (Å²) >= 11 is 0. The maximum atomic E-state index is 8.61. The molecule has 70 valence electrons. The molecule has 0 aliphatic heterocycles. The molecule has 0 radical (unpaired) electrons. The van der Waals surface area contributed by atoms with E-state index in [9.17, 15) is 0 Å². The standard InChI is InChI=1S/C11H20O/c1-11(2)7-5-10(6-8-11)4-3-9-12/h3-4,10,12H,5-9H2,1-2H3/b4-3+. The minimum atomic E-state index is 0.194. The van der Waals surface area contributed by atoms with E-state index in [0.29, 0.717) is 5.41 Å². The van der Waals surface area contributed by atoms with Crippen molar-refractivity contribution in [1.82, 2.24) is 0 Å². The van der Waals surface area contributed by atoms with E-state index in [1.807, 2.05) is 6.08 Å². The third-order valence-corrected chi connectivity index (χ3v) is 2.90. The molecule has 1 aliphatic carbocycles. The summed E-state index contributed by atoms with van der Waals surface area (Å²) in [6.45, 7) is 4.89. The monoisotopic (exact) mass is 168 g/mol. The molecule has 0 aromatic rings. The van der Waals surface area contributed by atoms with Crippen molar-refractivity contribution in [2.24, 2.45) is 11.3 Å². The van der Waals surface area contributed by atoms with E-state index in [-0.39, 0.29) is 6.61 Å². The van der Waals surface area contributed by atoms with Crippen molar-refractivity contribution in [1.29, 1.82) is 0 Å². The van der Waals surface area contributed by atoms with E-state index in [0.717, 1.165) is 5.92 Å². The Hall–Kier alpha value is -0.300. The number of allylic oxidation sites excluding steroid dienone is 1. The van der Waals surface area contributed by atoms with E-state index in [1.54, 1.807) is 0 Å². The first kappa shape index (κ1) is 9.79. The van der Waals surface area contributed by atoms with Gasteiger partial charge in [0.15, 0.2) is 0 Å². The molecule has 0 atom stereocenters. The molecular weight excluding hydrogens is 148 g/mol. The van der Waals surface area contributed by atoms with E-state index < -0.39 is 0 Å². The molecule has 1 saturated carbocycles. The van der Waals surface area contributed by atoms with Crippen LogP contribution in [-0.4, -0.2) is 11.7 Å². The van der Waals surface area contributed by atoms with E-state index in [4.69, 9.17) is 5.11 Å². The molecule has 12 heavy (non-hydrogen) atoms. The molecule has 0 heterocycles. The Bertz CT molecular complexity index is 148. The quantitative estimate of drug-likeness (QED) is 0.629. The molecule has 1 N–H and O–H groups in total. The Balaban J connectivity index is 2.31. The maximum absolute atomic E-state index is 8.61. The molecule has 1 rings (SSSR count). The summed E-state index contributed by atoms with van der Waals surface area (Å²) in [4.78, 5) is 0. The summed E-state index contributed by atoms with van der Waals surface area (Å²) in [6, 6.07) is 0. The Morgan fingerprint density at radius 3 is 2.42 bits per heavy atom. The van der Waals surface area contributed by atoms with Gasteiger partial charge in [0.05, 0.1) is 6.61 Å². The van der Waals surface area contributed by atoms with Gasteiger partial charge in [-0.3, -0.25) is 0 Å². The van der Waals surface area contributed by atoms with Crippen LogP contribution in [0.25, 0.3) is 0 Å². The first-order valence-electron chi connectivity index (χ1n) is 4.91. The lowest BCUT2D eigenvalue weighted by molar-refractivity contribution is 0.213. The number of aliphatic hydroxyl groups excluding tert-OH is 1. The zero-order chi connectivity index (χ0) is 9.03. The molecule has 0 unspecified atom stereocenters. The number of hydrogen-bond acceptors (Lipinski definition) is 1. The van der Waals surface area contributed by atoms with Gasteiger partial charge in [-0.1, -0.05) is 26.0 Å². The Labute approximate surface area is 75.5 Å². The average Bonchev–Trinajstić information content (AvgIpc) is 2.03. The Kier molecular flexibility index (Phi) is 3.33. The fourth-order valence-corrected chi connectivity index (χ4v) is 1.87. The second-order valence-corrected chi connectivity index (χ2v) is 4.61. The Morgan fingerprint density at radius 2 is 1.92 bits per heavy atom. The van der Waals surface area contributed by atoms with Crippen molar-refractivity contribution in [3.63, 3.8) is 0 Å². The third-order valence-electron chi connectivity index (χ3n) is 2.90. The fourth-order valence-electron chi connectivity index (χ4n) is 1.87. The Morgan fingerprint density at radius 1 is 1.33 bits per heavy atom. The zero-order valence-electron chi connectivity index (χ0n) is 8.21. The summed E-state index contributed by atoms with van der Waals surface area (Å²) < 4.78 is 0. The van der Waals surface area contributed by atoms with Crippen LogP contribution in [-0.2, 0) is 0 Å². The minimum absolute atomic E-state index is 0.194. The molecular formula is C11H20O. The number of aliphatic hydroxyl groups is 1. The fraction of sp³-hybridized carbons (Fsp3) is 0.818. The lowest BCUT2D eigenvalue weighted by Gasteiger charge is -2.33. The van der Waals surface area contributed by atoms with Gasteiger partial charge < -0.3 is 5.11 Å². The first-order chi connectivity index (χ1) is 5.64. The molecule has 1 nitrogen and oxygen atoms in total. The second-order valence-electron chi connectivity index (χ2n) is 4.61. The smallest absolute Gasteiger partial charge is 0.0612 e. The van der Waals surface area contributed by atoms with Crippen LogP contribution >= 0.6 is 0 Å². The van der Waals surface area contributed by atoms with Gasteiger partial charge in [0.2, 0.25) is 0 Å². The summed E-state index contributed by atoms with van der Waals surface area (Å²) in [5.74, 6) is 0.727. The van der Waals surface area contributed by atoms with Crippen molar-refractivity contribution in [3.8, 4) is 0 Å². The van der Waals surface area contributed by atoms with Crippen LogP contribution in [0.15, 0.2) is 12.2 Å². The van der Waals surface area contributed by atoms with Crippen LogP contribution in [0.2, 0.25) is 0 Å². The highest BCUT2D eigenvalue weighted by Crippen LogP contribution is 2.38. The molecule has 0 aromatic carbocycles. The summed E-state index contributed by atoms with van der Waals surface area (Å²) in [7, 11) is 0. The number of rotatable bonds is 2. The summed E-state index contributed by atoms with van der Waals surface area (Å²) in [6.07, 6.45) is 9.30. The van der Waals surface area contributed by atoms with Gasteiger partial charge in [0.1, 0.15) is 0 Å². The van der Waals surface area contributed by atoms with Gasteiger partial charge in [0.25, 0.3) is 0 Å². The van der Waals surface area contributed by atoms with Crippen LogP contribution in [0.5, 0.6) is 0 Å². The molecule has 1 aliphatic rings. The molecule has 0 aromatic heterocycles. The van der Waals surface area contributed by atoms with Gasteiger partial charge in [-0.25, -0.2) is 0 Å². The largest absolute Gasteiger partial charge is 0.392 e. The molecule has 1 fully saturated rings. The van der Waals surface area contributed by atoms with Crippen molar-refractivity contribution in [3.05, 3.63) is 12.2 Å². The zero-order valence-corrected chi connectivity index (χ0v) is 8.21. The minimum Gasteiger partial charge on any atom is -0.392 e. The van der Waals surface area contributed by atoms with Gasteiger partial charge in [-0.05, 0) is 37.0 Å². The highest BCUT2D eigenvalue weighted by Gasteiger charge is 2.25. The van der Waals surface area contributed by atoms with Gasteiger partial charge >= 0.3 is 0 Å². The first-order valence-corrected chi connectivity index (χ1v) is 4.91. The summed E-state index contributed by atoms with van der Waals surface area (Å²) in [5.41, 5.74) is 0.559. The van der Waals surface area contributed by atoms with Gasteiger partial charge in [-0.15, -0.1) is 0 Å². The van der Waals surface area contributed by atoms with Crippen LogP contribution in [0.1, 0.15) is 39.5 Å².